The number of likely N-dealkylation sites (tertiary alicyclic amines) is 1. The number of hydrogen-bond donors (Lipinski definition) is 1. The maximum absolute atomic E-state index is 6.01. The van der Waals surface area contributed by atoms with Crippen molar-refractivity contribution < 1.29 is 4.74 Å². The van der Waals surface area contributed by atoms with Crippen molar-refractivity contribution in [3.63, 3.8) is 0 Å². The van der Waals surface area contributed by atoms with Gasteiger partial charge in [0.1, 0.15) is 12.4 Å². The first-order valence-electron chi connectivity index (χ1n) is 7.49. The third-order valence-electron chi connectivity index (χ3n) is 4.14. The Kier molecular flexibility index (Phi) is 3.27. The lowest BCUT2D eigenvalue weighted by atomic mass is 9.94. The zero-order chi connectivity index (χ0) is 14.9. The molecule has 0 unspecified atom stereocenters. The third-order valence-corrected chi connectivity index (χ3v) is 4.14. The number of nitrogens with zero attached hydrogens (tertiary/aromatic N) is 3. The molecule has 0 spiro atoms. The van der Waals surface area contributed by atoms with E-state index in [0.29, 0.717) is 12.5 Å². The first kappa shape index (κ1) is 13.3. The molecule has 1 saturated heterocycles. The first-order valence-corrected chi connectivity index (χ1v) is 7.49. The van der Waals surface area contributed by atoms with Crippen LogP contribution in [0.4, 0.5) is 0 Å². The van der Waals surface area contributed by atoms with Crippen LogP contribution in [0.2, 0.25) is 0 Å². The second kappa shape index (κ2) is 5.42. The minimum atomic E-state index is 0.467. The number of ether oxygens (including phenoxy) is 1. The average molecular weight is 294 g/mol. The summed E-state index contributed by atoms with van der Waals surface area (Å²) in [5, 5.41) is 8.73. The summed E-state index contributed by atoms with van der Waals surface area (Å²) in [5.41, 5.74) is 3.07. The van der Waals surface area contributed by atoms with Crippen LogP contribution >= 0.6 is 0 Å². The van der Waals surface area contributed by atoms with Gasteiger partial charge >= 0.3 is 0 Å². The fraction of sp³-hybridized carbons (Fsp3) is 0.294. The molecule has 5 heteroatoms. The molecule has 0 bridgehead atoms. The normalized spacial score (nSPS) is 15.9. The zero-order valence-corrected chi connectivity index (χ0v) is 12.5. The molecule has 1 aliphatic rings. The summed E-state index contributed by atoms with van der Waals surface area (Å²) in [6.07, 6.45) is 1.78. The third kappa shape index (κ3) is 2.33. The minimum Gasteiger partial charge on any atom is -0.487 e. The lowest BCUT2D eigenvalue weighted by Gasteiger charge is -2.35. The summed E-state index contributed by atoms with van der Waals surface area (Å²) in [4.78, 5) is 6.60. The lowest BCUT2D eigenvalue weighted by molar-refractivity contribution is 0.187. The number of H-pyrrole nitrogens is 1. The summed E-state index contributed by atoms with van der Waals surface area (Å²) in [6, 6.07) is 11.9. The molecule has 3 heterocycles. The molecule has 5 nitrogen and oxygen atoms in total. The topological polar surface area (TPSA) is 54.0 Å². The summed E-state index contributed by atoms with van der Waals surface area (Å²) >= 11 is 0. The highest BCUT2D eigenvalue weighted by Crippen LogP contribution is 2.35. The summed E-state index contributed by atoms with van der Waals surface area (Å²) in [7, 11) is 2.13. The van der Waals surface area contributed by atoms with Gasteiger partial charge < -0.3 is 9.64 Å². The van der Waals surface area contributed by atoms with Crippen LogP contribution in [-0.4, -0.2) is 40.2 Å². The number of nitrogens with one attached hydrogen (secondary N) is 1. The first-order chi connectivity index (χ1) is 10.8. The molecule has 0 radical (unpaired) electrons. The predicted molar refractivity (Wildman–Crippen MR) is 84.9 cm³/mol. The number of aromatic amines is 1. The average Bonchev–Trinajstić information content (AvgIpc) is 2.95. The Balaban J connectivity index is 1.64. The Labute approximate surface area is 128 Å². The smallest absolute Gasteiger partial charge is 0.131 e. The van der Waals surface area contributed by atoms with Crippen LogP contribution in [0, 0.1) is 0 Å². The van der Waals surface area contributed by atoms with Crippen LogP contribution in [0.5, 0.6) is 5.75 Å². The van der Waals surface area contributed by atoms with Crippen molar-refractivity contribution in [3.8, 4) is 5.75 Å². The Morgan fingerprint density at radius 2 is 2.14 bits per heavy atom. The van der Waals surface area contributed by atoms with Crippen LogP contribution in [0.3, 0.4) is 0 Å². The second-order valence-corrected chi connectivity index (χ2v) is 5.82. The van der Waals surface area contributed by atoms with Crippen LogP contribution < -0.4 is 4.74 Å². The van der Waals surface area contributed by atoms with Gasteiger partial charge in [-0.1, -0.05) is 12.1 Å². The van der Waals surface area contributed by atoms with Gasteiger partial charge in [-0.05, 0) is 31.3 Å². The molecule has 1 aliphatic heterocycles. The van der Waals surface area contributed by atoms with Gasteiger partial charge in [-0.3, -0.25) is 10.1 Å². The van der Waals surface area contributed by atoms with E-state index in [9.17, 15) is 0 Å². The predicted octanol–water partition coefficient (Wildman–Crippen LogP) is 2.57. The summed E-state index contributed by atoms with van der Waals surface area (Å²) in [6.45, 7) is 2.59. The minimum absolute atomic E-state index is 0.467. The highest BCUT2D eigenvalue weighted by Gasteiger charge is 2.29. The number of benzene rings is 1. The van der Waals surface area contributed by atoms with E-state index in [0.717, 1.165) is 35.4 Å². The van der Waals surface area contributed by atoms with Crippen molar-refractivity contribution in [2.45, 2.75) is 12.5 Å². The van der Waals surface area contributed by atoms with Crippen LogP contribution in [0.15, 0.2) is 42.6 Å². The number of rotatable bonds is 4. The number of hydrogen-bond acceptors (Lipinski definition) is 4. The second-order valence-electron chi connectivity index (χ2n) is 5.82. The van der Waals surface area contributed by atoms with E-state index in [1.165, 1.54) is 5.69 Å². The molecule has 1 aromatic carbocycles. The fourth-order valence-electron chi connectivity index (χ4n) is 2.99. The van der Waals surface area contributed by atoms with Crippen molar-refractivity contribution in [2.24, 2.45) is 0 Å². The van der Waals surface area contributed by atoms with Gasteiger partial charge in [-0.25, -0.2) is 0 Å². The van der Waals surface area contributed by atoms with E-state index in [4.69, 9.17) is 4.74 Å². The van der Waals surface area contributed by atoms with E-state index in [2.05, 4.69) is 27.1 Å². The fourth-order valence-corrected chi connectivity index (χ4v) is 2.99. The quantitative estimate of drug-likeness (QED) is 0.803. The molecular weight excluding hydrogens is 276 g/mol. The maximum Gasteiger partial charge on any atom is 0.131 e. The molecule has 1 N–H and O–H groups in total. The van der Waals surface area contributed by atoms with E-state index in [1.807, 2.05) is 36.4 Å². The van der Waals surface area contributed by atoms with Gasteiger partial charge in [0.05, 0.1) is 22.3 Å². The molecule has 4 rings (SSSR count). The van der Waals surface area contributed by atoms with E-state index in [-0.39, 0.29) is 0 Å². The van der Waals surface area contributed by atoms with Crippen molar-refractivity contribution >= 4 is 10.9 Å². The van der Waals surface area contributed by atoms with Gasteiger partial charge in [0.15, 0.2) is 0 Å². The van der Waals surface area contributed by atoms with Gasteiger partial charge in [0.2, 0.25) is 0 Å². The van der Waals surface area contributed by atoms with Crippen LogP contribution in [0.1, 0.15) is 17.3 Å². The maximum atomic E-state index is 6.01. The van der Waals surface area contributed by atoms with Crippen molar-refractivity contribution in [3.05, 3.63) is 54.0 Å². The Bertz CT molecular complexity index is 778. The lowest BCUT2D eigenvalue weighted by Crippen LogP contribution is -2.41. The van der Waals surface area contributed by atoms with E-state index < -0.39 is 0 Å². The molecule has 3 aromatic rings. The van der Waals surface area contributed by atoms with Crippen molar-refractivity contribution in [2.75, 3.05) is 20.1 Å². The van der Waals surface area contributed by atoms with E-state index >= 15 is 0 Å². The highest BCUT2D eigenvalue weighted by atomic mass is 16.5. The van der Waals surface area contributed by atoms with Crippen LogP contribution in [-0.2, 0) is 6.61 Å². The highest BCUT2D eigenvalue weighted by molar-refractivity contribution is 5.88. The molecular formula is C17H18N4O. The number of pyridine rings is 1. The summed E-state index contributed by atoms with van der Waals surface area (Å²) in [5.74, 6) is 1.39. The number of fused-ring (bicyclic) bond motifs is 1. The van der Waals surface area contributed by atoms with Crippen molar-refractivity contribution in [1.29, 1.82) is 0 Å². The Hall–Kier alpha value is -2.40. The molecule has 2 aromatic heterocycles. The molecule has 112 valence electrons. The standard InChI is InChI=1S/C17H18N4O/c1-21-9-12(10-21)17-16-14(19-20-17)6-4-7-15(16)22-11-13-5-2-3-8-18-13/h2-8,12H,9-11H2,1H3,(H,19,20). The molecule has 0 amide bonds. The number of likely N-dealkylation sites (N-methyl/N-ethyl adjacent to an activating group) is 1. The van der Waals surface area contributed by atoms with Gasteiger partial charge in [-0.2, -0.15) is 5.10 Å². The number of aromatic nitrogens is 3. The monoisotopic (exact) mass is 294 g/mol. The summed E-state index contributed by atoms with van der Waals surface area (Å²) < 4.78 is 6.01. The SMILES string of the molecule is CN1CC(c2[nH]nc3cccc(OCc4ccccn4)c23)C1. The molecule has 22 heavy (non-hydrogen) atoms. The van der Waals surface area contributed by atoms with E-state index in [1.54, 1.807) is 6.20 Å². The van der Waals surface area contributed by atoms with Gasteiger partial charge in [-0.15, -0.1) is 0 Å². The largest absolute Gasteiger partial charge is 0.487 e. The molecule has 0 atom stereocenters. The molecule has 0 saturated carbocycles. The van der Waals surface area contributed by atoms with Crippen LogP contribution in [0.25, 0.3) is 10.9 Å². The van der Waals surface area contributed by atoms with Gasteiger partial charge in [0, 0.05) is 25.2 Å². The molecule has 1 fully saturated rings. The van der Waals surface area contributed by atoms with Crippen molar-refractivity contribution in [1.82, 2.24) is 20.1 Å². The van der Waals surface area contributed by atoms with Gasteiger partial charge in [0.25, 0.3) is 0 Å². The zero-order valence-electron chi connectivity index (χ0n) is 12.5. The Morgan fingerprint density at radius 1 is 1.23 bits per heavy atom. The Morgan fingerprint density at radius 3 is 2.91 bits per heavy atom. The molecule has 0 aliphatic carbocycles.